The minimum Gasteiger partial charge on any atom is -0.454 e. The fraction of sp³-hybridized carbons (Fsp3) is 0.381. The molecule has 0 bridgehead atoms. The fourth-order valence-electron chi connectivity index (χ4n) is 4.09. The van der Waals surface area contributed by atoms with E-state index in [1.54, 1.807) is 0 Å². The average molecular weight is 397 g/mol. The predicted molar refractivity (Wildman–Crippen MR) is 111 cm³/mol. The first kappa shape index (κ1) is 17.7. The molecule has 28 heavy (non-hydrogen) atoms. The van der Waals surface area contributed by atoms with E-state index < -0.39 is 0 Å². The summed E-state index contributed by atoms with van der Waals surface area (Å²) in [5.41, 5.74) is 3.67. The lowest BCUT2D eigenvalue weighted by Gasteiger charge is -2.34. The molecule has 0 saturated carbocycles. The second-order valence-electron chi connectivity index (χ2n) is 7.48. The van der Waals surface area contributed by atoms with Crippen LogP contribution in [0.1, 0.15) is 5.56 Å². The van der Waals surface area contributed by atoms with Gasteiger partial charge in [0.15, 0.2) is 16.3 Å². The third-order valence-electron chi connectivity index (χ3n) is 5.70. The number of fused-ring (bicyclic) bond motifs is 2. The summed E-state index contributed by atoms with van der Waals surface area (Å²) in [6.45, 7) is 6.29. The molecule has 5 rings (SSSR count). The zero-order valence-electron chi connectivity index (χ0n) is 16.0. The smallest absolute Gasteiger partial charge is 0.231 e. The number of rotatable bonds is 4. The molecular formula is C21H24N4O2S. The molecule has 1 aromatic heterocycles. The third kappa shape index (κ3) is 3.19. The average Bonchev–Trinajstić information content (AvgIpc) is 3.28. The van der Waals surface area contributed by atoms with E-state index in [1.807, 2.05) is 13.1 Å². The third-order valence-corrected chi connectivity index (χ3v) is 6.20. The summed E-state index contributed by atoms with van der Waals surface area (Å²) in [7, 11) is 2.05. The fourth-order valence-corrected chi connectivity index (χ4v) is 4.34. The molecule has 1 fully saturated rings. The van der Waals surface area contributed by atoms with Crippen molar-refractivity contribution in [2.24, 2.45) is 7.05 Å². The SMILES string of the molecule is Cn1c(=S)n(CN2CCN(Cc3ccc4c(c3)OCO4)CC2)c2ccccc21. The Labute approximate surface area is 169 Å². The predicted octanol–water partition coefficient (Wildman–Crippen LogP) is 3.21. The minimum atomic E-state index is 0.328. The maximum Gasteiger partial charge on any atom is 0.231 e. The molecule has 2 aromatic carbocycles. The van der Waals surface area contributed by atoms with Gasteiger partial charge < -0.3 is 18.6 Å². The van der Waals surface area contributed by atoms with Gasteiger partial charge in [0.1, 0.15) is 0 Å². The Morgan fingerprint density at radius 1 is 0.893 bits per heavy atom. The maximum absolute atomic E-state index is 5.68. The first-order chi connectivity index (χ1) is 13.7. The standard InChI is InChI=1S/C21H24N4O2S/c1-22-17-4-2-3-5-18(17)25(21(22)28)14-24-10-8-23(9-11-24)13-16-6-7-19-20(12-16)27-15-26-19/h2-7,12H,8-11,13-15H2,1H3. The number of nitrogens with zero attached hydrogens (tertiary/aromatic N) is 4. The molecule has 0 atom stereocenters. The summed E-state index contributed by atoms with van der Waals surface area (Å²) < 4.78 is 16.1. The number of imidazole rings is 1. The van der Waals surface area contributed by atoms with E-state index in [-0.39, 0.29) is 0 Å². The van der Waals surface area contributed by atoms with E-state index in [0.29, 0.717) is 6.79 Å². The van der Waals surface area contributed by atoms with E-state index in [1.165, 1.54) is 16.6 Å². The molecule has 2 aliphatic rings. The van der Waals surface area contributed by atoms with Gasteiger partial charge in [-0.05, 0) is 42.0 Å². The number of ether oxygens (including phenoxy) is 2. The lowest BCUT2D eigenvalue weighted by atomic mass is 10.1. The number of aryl methyl sites for hydroxylation is 1. The van der Waals surface area contributed by atoms with Gasteiger partial charge in [-0.2, -0.15) is 0 Å². The minimum absolute atomic E-state index is 0.328. The maximum atomic E-state index is 5.68. The highest BCUT2D eigenvalue weighted by Crippen LogP contribution is 2.32. The van der Waals surface area contributed by atoms with Crippen molar-refractivity contribution in [2.75, 3.05) is 33.0 Å². The Bertz CT molecular complexity index is 1070. The Morgan fingerprint density at radius 3 is 2.43 bits per heavy atom. The van der Waals surface area contributed by atoms with Crippen LogP contribution >= 0.6 is 12.2 Å². The van der Waals surface area contributed by atoms with E-state index in [4.69, 9.17) is 21.7 Å². The molecule has 0 aliphatic carbocycles. The van der Waals surface area contributed by atoms with Crippen LogP contribution in [0.3, 0.4) is 0 Å². The lowest BCUT2D eigenvalue weighted by Crippen LogP contribution is -2.46. The van der Waals surface area contributed by atoms with Crippen molar-refractivity contribution in [3.05, 3.63) is 52.8 Å². The quantitative estimate of drug-likeness (QED) is 0.633. The second-order valence-corrected chi connectivity index (χ2v) is 7.85. The van der Waals surface area contributed by atoms with Crippen LogP contribution in [-0.4, -0.2) is 51.9 Å². The number of piperazine rings is 1. The first-order valence-electron chi connectivity index (χ1n) is 9.66. The Morgan fingerprint density at radius 2 is 1.61 bits per heavy atom. The Balaban J connectivity index is 1.23. The first-order valence-corrected chi connectivity index (χ1v) is 10.1. The van der Waals surface area contributed by atoms with E-state index >= 15 is 0 Å². The van der Waals surface area contributed by atoms with Gasteiger partial charge in [-0.25, -0.2) is 0 Å². The van der Waals surface area contributed by atoms with Gasteiger partial charge in [-0.1, -0.05) is 18.2 Å². The van der Waals surface area contributed by atoms with Crippen molar-refractivity contribution in [1.29, 1.82) is 0 Å². The number of aromatic nitrogens is 2. The summed E-state index contributed by atoms with van der Waals surface area (Å²) in [5, 5.41) is 0. The van der Waals surface area contributed by atoms with Gasteiger partial charge in [0, 0.05) is 39.8 Å². The number of para-hydroxylation sites is 2. The summed E-state index contributed by atoms with van der Waals surface area (Å²) in [6.07, 6.45) is 0. The summed E-state index contributed by atoms with van der Waals surface area (Å²) in [6, 6.07) is 14.7. The molecule has 7 heteroatoms. The second kappa shape index (κ2) is 7.24. The van der Waals surface area contributed by atoms with Gasteiger partial charge in [-0.3, -0.25) is 9.80 Å². The van der Waals surface area contributed by atoms with Gasteiger partial charge in [-0.15, -0.1) is 0 Å². The molecule has 0 spiro atoms. The van der Waals surface area contributed by atoms with Crippen molar-refractivity contribution in [1.82, 2.24) is 18.9 Å². The van der Waals surface area contributed by atoms with Crippen LogP contribution in [0.2, 0.25) is 0 Å². The highest BCUT2D eigenvalue weighted by atomic mass is 32.1. The zero-order valence-corrected chi connectivity index (χ0v) is 16.8. The van der Waals surface area contributed by atoms with Crippen molar-refractivity contribution >= 4 is 23.3 Å². The number of hydrogen-bond acceptors (Lipinski definition) is 5. The molecule has 1 saturated heterocycles. The Hall–Kier alpha value is -2.35. The summed E-state index contributed by atoms with van der Waals surface area (Å²) in [4.78, 5) is 4.98. The molecule has 2 aliphatic heterocycles. The van der Waals surface area contributed by atoms with Gasteiger partial charge >= 0.3 is 0 Å². The van der Waals surface area contributed by atoms with E-state index in [9.17, 15) is 0 Å². The molecule has 0 unspecified atom stereocenters. The molecule has 6 nitrogen and oxygen atoms in total. The van der Waals surface area contributed by atoms with Crippen LogP contribution in [0.5, 0.6) is 11.5 Å². The molecule has 0 N–H and O–H groups in total. The summed E-state index contributed by atoms with van der Waals surface area (Å²) in [5.74, 6) is 1.71. The highest BCUT2D eigenvalue weighted by molar-refractivity contribution is 7.71. The van der Waals surface area contributed by atoms with Crippen LogP contribution in [0.4, 0.5) is 0 Å². The van der Waals surface area contributed by atoms with E-state index in [0.717, 1.165) is 55.7 Å². The molecule has 146 valence electrons. The lowest BCUT2D eigenvalue weighted by molar-refractivity contribution is 0.103. The number of hydrogen-bond donors (Lipinski definition) is 0. The van der Waals surface area contributed by atoms with Gasteiger partial charge in [0.05, 0.1) is 17.7 Å². The normalized spacial score (nSPS) is 17.5. The van der Waals surface area contributed by atoms with Crippen molar-refractivity contribution in [3.8, 4) is 11.5 Å². The van der Waals surface area contributed by atoms with Crippen LogP contribution < -0.4 is 9.47 Å². The van der Waals surface area contributed by atoms with Gasteiger partial charge in [0.2, 0.25) is 6.79 Å². The monoisotopic (exact) mass is 396 g/mol. The van der Waals surface area contributed by atoms with Crippen molar-refractivity contribution in [3.63, 3.8) is 0 Å². The molecule has 0 amide bonds. The number of benzene rings is 2. The topological polar surface area (TPSA) is 34.8 Å². The largest absolute Gasteiger partial charge is 0.454 e. The van der Waals surface area contributed by atoms with Gasteiger partial charge in [0.25, 0.3) is 0 Å². The molecule has 0 radical (unpaired) electrons. The van der Waals surface area contributed by atoms with Crippen LogP contribution in [0.15, 0.2) is 42.5 Å². The zero-order chi connectivity index (χ0) is 19.1. The van der Waals surface area contributed by atoms with Crippen LogP contribution in [-0.2, 0) is 20.3 Å². The molecule has 3 heterocycles. The Kier molecular flexibility index (Phi) is 4.58. The van der Waals surface area contributed by atoms with E-state index in [2.05, 4.69) is 55.3 Å². The van der Waals surface area contributed by atoms with Crippen LogP contribution in [0, 0.1) is 4.77 Å². The van der Waals surface area contributed by atoms with Crippen molar-refractivity contribution in [2.45, 2.75) is 13.2 Å². The molecule has 3 aromatic rings. The highest BCUT2D eigenvalue weighted by Gasteiger charge is 2.20. The molecular weight excluding hydrogens is 372 g/mol. The van der Waals surface area contributed by atoms with Crippen molar-refractivity contribution < 1.29 is 9.47 Å². The summed E-state index contributed by atoms with van der Waals surface area (Å²) >= 11 is 5.68. The van der Waals surface area contributed by atoms with Crippen LogP contribution in [0.25, 0.3) is 11.0 Å².